The van der Waals surface area contributed by atoms with E-state index in [0.29, 0.717) is 53.0 Å². The minimum Gasteiger partial charge on any atom is -0.386 e. The average Bonchev–Trinajstić information content (AvgIpc) is 3.88. The van der Waals surface area contributed by atoms with E-state index >= 15 is 0 Å². The van der Waals surface area contributed by atoms with Gasteiger partial charge in [-0.15, -0.1) is 0 Å². The van der Waals surface area contributed by atoms with Crippen LogP contribution in [-0.4, -0.2) is 103 Å². The van der Waals surface area contributed by atoms with Crippen molar-refractivity contribution in [2.45, 2.75) is 109 Å². The van der Waals surface area contributed by atoms with E-state index in [2.05, 4.69) is 73.4 Å². The Bertz CT molecular complexity index is 2520. The van der Waals surface area contributed by atoms with Gasteiger partial charge in [0.05, 0.1) is 40.4 Å². The van der Waals surface area contributed by atoms with Crippen molar-refractivity contribution in [1.82, 2.24) is 34.5 Å². The lowest BCUT2D eigenvalue weighted by molar-refractivity contribution is -0.134. The maximum atomic E-state index is 13.5. The van der Waals surface area contributed by atoms with E-state index in [9.17, 15) is 24.8 Å². The van der Waals surface area contributed by atoms with Crippen LogP contribution in [0.25, 0.3) is 16.4 Å². The molecule has 3 amide bonds. The van der Waals surface area contributed by atoms with Gasteiger partial charge in [0.15, 0.2) is 0 Å². The lowest BCUT2D eigenvalue weighted by atomic mass is 9.84. The van der Waals surface area contributed by atoms with E-state index in [4.69, 9.17) is 5.10 Å². The van der Waals surface area contributed by atoms with Gasteiger partial charge in [-0.2, -0.15) is 15.5 Å². The number of nitriles is 1. The molecule has 0 radical (unpaired) electrons. The van der Waals surface area contributed by atoms with Gasteiger partial charge in [0, 0.05) is 86.3 Å². The Kier molecular flexibility index (Phi) is 10.9. The van der Waals surface area contributed by atoms with E-state index in [-0.39, 0.29) is 29.7 Å². The molecule has 4 fully saturated rings. The fourth-order valence-electron chi connectivity index (χ4n) is 10.6. The fourth-order valence-corrected chi connectivity index (χ4v) is 10.6. The Balaban J connectivity index is 0.778. The number of aliphatic hydroxyl groups is 1. The highest BCUT2D eigenvalue weighted by molar-refractivity contribution is 6.05. The average molecular weight is 825 g/mol. The van der Waals surface area contributed by atoms with Crippen LogP contribution in [0.1, 0.15) is 115 Å². The molecule has 0 unspecified atom stereocenters. The van der Waals surface area contributed by atoms with Gasteiger partial charge in [-0.1, -0.05) is 0 Å². The number of carbonyl (C=O) groups is 3. The monoisotopic (exact) mass is 824 g/mol. The number of aryl methyl sites for hydroxylation is 2. The van der Waals surface area contributed by atoms with Crippen molar-refractivity contribution in [3.8, 4) is 6.07 Å². The summed E-state index contributed by atoms with van der Waals surface area (Å²) in [6, 6.07) is 16.9. The van der Waals surface area contributed by atoms with Crippen molar-refractivity contribution in [3.63, 3.8) is 0 Å². The summed E-state index contributed by atoms with van der Waals surface area (Å²) in [7, 11) is 0. The second-order valence-electron chi connectivity index (χ2n) is 18.2. The number of hydrogen-bond donors (Lipinski definition) is 3. The van der Waals surface area contributed by atoms with Crippen molar-refractivity contribution in [3.05, 3.63) is 88.4 Å². The number of imide groups is 1. The largest absolute Gasteiger partial charge is 0.386 e. The normalized spacial score (nSPS) is 22.4. The van der Waals surface area contributed by atoms with Crippen molar-refractivity contribution in [2.24, 2.45) is 0 Å². The SMILES string of the molecule is Cc1cc(N2CCC(N3CCN([C@H]4CC[C@H](n5cc6cc(NC(=O)c7ccc8cc(C#N)cnn78)c(C(C)(C)O)cc6n5)CC4)CC3)CC2)cc(C)c1[C@H]1CCC(=O)NC1=O. The number of rotatable bonds is 8. The number of nitrogens with zero attached hydrogens (tertiary/aromatic N) is 8. The molecule has 3 N–H and O–H groups in total. The first-order valence-electron chi connectivity index (χ1n) is 22.0. The van der Waals surface area contributed by atoms with Gasteiger partial charge >= 0.3 is 0 Å². The Morgan fingerprint density at radius 1 is 0.869 bits per heavy atom. The van der Waals surface area contributed by atoms with Crippen LogP contribution in [0.2, 0.25) is 0 Å². The molecule has 1 saturated carbocycles. The number of fused-ring (bicyclic) bond motifs is 2. The third-order valence-corrected chi connectivity index (χ3v) is 13.8. The lowest BCUT2D eigenvalue weighted by Gasteiger charge is -2.46. The first-order valence-corrected chi connectivity index (χ1v) is 22.0. The molecular weight excluding hydrogens is 769 g/mol. The van der Waals surface area contributed by atoms with Crippen LogP contribution in [-0.2, 0) is 15.2 Å². The number of anilines is 2. The first-order chi connectivity index (χ1) is 29.3. The summed E-state index contributed by atoms with van der Waals surface area (Å²) in [5, 5.41) is 36.2. The number of piperidine rings is 2. The molecule has 14 heteroatoms. The highest BCUT2D eigenvalue weighted by Gasteiger charge is 2.34. The van der Waals surface area contributed by atoms with Crippen LogP contribution in [0.3, 0.4) is 0 Å². The summed E-state index contributed by atoms with van der Waals surface area (Å²) in [5.74, 6) is -0.963. The van der Waals surface area contributed by atoms with Crippen LogP contribution in [0.5, 0.6) is 0 Å². The van der Waals surface area contributed by atoms with Crippen molar-refractivity contribution < 1.29 is 19.5 Å². The minimum absolute atomic E-state index is 0.171. The fraction of sp³-hybridized carbons (Fsp3) is 0.489. The number of carbonyl (C=O) groups excluding carboxylic acids is 3. The number of hydrogen-bond acceptors (Lipinski definition) is 10. The molecule has 14 nitrogen and oxygen atoms in total. The highest BCUT2D eigenvalue weighted by Crippen LogP contribution is 2.37. The van der Waals surface area contributed by atoms with E-state index in [0.717, 1.165) is 105 Å². The van der Waals surface area contributed by atoms with E-state index in [1.807, 2.05) is 12.1 Å². The van der Waals surface area contributed by atoms with E-state index < -0.39 is 5.60 Å². The molecule has 61 heavy (non-hydrogen) atoms. The molecule has 4 aliphatic rings. The molecule has 9 rings (SSSR count). The zero-order valence-electron chi connectivity index (χ0n) is 35.7. The molecular formula is C47H56N10O4. The number of aromatic nitrogens is 4. The maximum absolute atomic E-state index is 13.5. The molecule has 3 aliphatic heterocycles. The highest BCUT2D eigenvalue weighted by atomic mass is 16.3. The van der Waals surface area contributed by atoms with Crippen molar-refractivity contribution >= 4 is 45.5 Å². The van der Waals surface area contributed by atoms with E-state index in [1.54, 1.807) is 32.0 Å². The summed E-state index contributed by atoms with van der Waals surface area (Å²) < 4.78 is 3.60. The molecule has 5 aromatic rings. The number of amides is 3. The number of piperazine rings is 1. The molecule has 6 heterocycles. The Hall–Kier alpha value is -5.62. The van der Waals surface area contributed by atoms with E-state index in [1.165, 1.54) is 16.4 Å². The zero-order chi connectivity index (χ0) is 42.6. The third-order valence-electron chi connectivity index (χ3n) is 13.8. The van der Waals surface area contributed by atoms with Crippen LogP contribution in [0.4, 0.5) is 11.4 Å². The molecule has 3 saturated heterocycles. The van der Waals surface area contributed by atoms with Crippen LogP contribution >= 0.6 is 0 Å². The standard InChI is InChI=1S/C47H56N10O4/c1-29-21-37(22-30(2)44(29)38-10-12-43(58)51-45(38)59)53-15-13-34(14-16-53)55-19-17-54(18-20-55)33-5-7-35(8-6-33)56-28-32-24-41(39(47(3,4)61)25-40(32)52-56)50-46(60)42-11-9-36-23-31(26-48)27-49-57(36)42/h9,11,21-25,27-28,33-35,38,61H,5-8,10,12-20H2,1-4H3,(H,50,60)(H,51,58,59)/t33-,35-,38-/m1/s1. The second-order valence-corrected chi connectivity index (χ2v) is 18.2. The number of nitrogens with one attached hydrogen (secondary N) is 2. The van der Waals surface area contributed by atoms with Gasteiger partial charge in [-0.05, 0) is 132 Å². The third kappa shape index (κ3) is 8.14. The maximum Gasteiger partial charge on any atom is 0.274 e. The molecule has 0 spiro atoms. The summed E-state index contributed by atoms with van der Waals surface area (Å²) >= 11 is 0. The Labute approximate surface area is 356 Å². The molecule has 1 aliphatic carbocycles. The van der Waals surface area contributed by atoms with Gasteiger partial charge in [-0.3, -0.25) is 34.2 Å². The summed E-state index contributed by atoms with van der Waals surface area (Å²) in [6.07, 6.45) is 11.1. The summed E-state index contributed by atoms with van der Waals surface area (Å²) in [5.41, 5.74) is 6.62. The van der Waals surface area contributed by atoms with Gasteiger partial charge in [0.1, 0.15) is 11.8 Å². The van der Waals surface area contributed by atoms with Gasteiger partial charge < -0.3 is 15.3 Å². The van der Waals surface area contributed by atoms with Crippen LogP contribution < -0.4 is 15.5 Å². The quantitative estimate of drug-likeness (QED) is 0.160. The molecule has 2 aromatic carbocycles. The van der Waals surface area contributed by atoms with Crippen molar-refractivity contribution in [2.75, 3.05) is 49.5 Å². The van der Waals surface area contributed by atoms with Crippen LogP contribution in [0, 0.1) is 25.2 Å². The van der Waals surface area contributed by atoms with Gasteiger partial charge in [0.25, 0.3) is 5.91 Å². The van der Waals surface area contributed by atoms with Gasteiger partial charge in [-0.25, -0.2) is 4.52 Å². The summed E-state index contributed by atoms with van der Waals surface area (Å²) in [4.78, 5) is 45.9. The lowest BCUT2D eigenvalue weighted by Crippen LogP contribution is -2.55. The van der Waals surface area contributed by atoms with Crippen LogP contribution in [0.15, 0.2) is 54.9 Å². The van der Waals surface area contributed by atoms with Crippen molar-refractivity contribution in [1.29, 1.82) is 5.26 Å². The topological polar surface area (TPSA) is 164 Å². The Morgan fingerprint density at radius 3 is 2.16 bits per heavy atom. The number of benzene rings is 2. The smallest absolute Gasteiger partial charge is 0.274 e. The first kappa shape index (κ1) is 40.8. The molecule has 1 atom stereocenters. The predicted octanol–water partition coefficient (Wildman–Crippen LogP) is 5.94. The second kappa shape index (κ2) is 16.3. The molecule has 318 valence electrons. The summed E-state index contributed by atoms with van der Waals surface area (Å²) in [6.45, 7) is 14.1. The predicted molar refractivity (Wildman–Crippen MR) is 234 cm³/mol. The molecule has 0 bridgehead atoms. The zero-order valence-corrected chi connectivity index (χ0v) is 35.7. The minimum atomic E-state index is -1.23. The van der Waals surface area contributed by atoms with Gasteiger partial charge in [0.2, 0.25) is 11.8 Å². The Morgan fingerprint density at radius 2 is 1.52 bits per heavy atom. The molecule has 3 aromatic heterocycles.